The quantitative estimate of drug-likeness (QED) is 0.342. The van der Waals surface area contributed by atoms with Crippen LogP contribution in [-0.2, 0) is 0 Å². The molecule has 0 atom stereocenters. The molecule has 0 unspecified atom stereocenters. The first-order chi connectivity index (χ1) is 4.70. The third kappa shape index (κ3) is 1.45. The van der Waals surface area contributed by atoms with Gasteiger partial charge in [-0.15, -0.1) is 0 Å². The SMILES string of the molecule is O=C(Cl)c1cc[n+]([O-])cc1. The van der Waals surface area contributed by atoms with Gasteiger partial charge < -0.3 is 5.21 Å². The normalized spacial score (nSPS) is 9.30. The van der Waals surface area contributed by atoms with E-state index in [9.17, 15) is 10.0 Å². The van der Waals surface area contributed by atoms with Gasteiger partial charge in [0.15, 0.2) is 12.4 Å². The maximum Gasteiger partial charge on any atom is 0.252 e. The molecule has 0 aromatic carbocycles. The third-order valence-corrected chi connectivity index (χ3v) is 1.25. The van der Waals surface area contributed by atoms with Gasteiger partial charge in [0, 0.05) is 17.7 Å². The number of hydrogen-bond donors (Lipinski definition) is 0. The zero-order valence-corrected chi connectivity index (χ0v) is 5.71. The maximum absolute atomic E-state index is 10.4. The largest absolute Gasteiger partial charge is 0.619 e. The molecule has 0 bridgehead atoms. The summed E-state index contributed by atoms with van der Waals surface area (Å²) in [5, 5.41) is 9.85. The summed E-state index contributed by atoms with van der Waals surface area (Å²) in [4.78, 5) is 10.4. The second kappa shape index (κ2) is 2.66. The van der Waals surface area contributed by atoms with E-state index >= 15 is 0 Å². The molecular formula is C6H4ClNO2. The predicted molar refractivity (Wildman–Crippen MR) is 35.6 cm³/mol. The molecule has 1 rings (SSSR count). The predicted octanol–water partition coefficient (Wildman–Crippen LogP) is 0.699. The summed E-state index contributed by atoms with van der Waals surface area (Å²) < 4.78 is 0.587. The van der Waals surface area contributed by atoms with Crippen LogP contribution in [0.2, 0.25) is 0 Å². The van der Waals surface area contributed by atoms with Crippen LogP contribution in [0.4, 0.5) is 0 Å². The fraction of sp³-hybridized carbons (Fsp3) is 0. The number of nitrogens with zero attached hydrogens (tertiary/aromatic N) is 1. The van der Waals surface area contributed by atoms with Crippen LogP contribution in [-0.4, -0.2) is 5.24 Å². The molecule has 1 aromatic heterocycles. The van der Waals surface area contributed by atoms with E-state index in [1.54, 1.807) is 0 Å². The van der Waals surface area contributed by atoms with E-state index in [1.165, 1.54) is 24.5 Å². The molecule has 0 amide bonds. The van der Waals surface area contributed by atoms with Crippen LogP contribution in [0.1, 0.15) is 10.4 Å². The molecular weight excluding hydrogens is 154 g/mol. The van der Waals surface area contributed by atoms with Gasteiger partial charge in [0.25, 0.3) is 5.24 Å². The van der Waals surface area contributed by atoms with Gasteiger partial charge in [-0.2, -0.15) is 4.73 Å². The highest BCUT2D eigenvalue weighted by Crippen LogP contribution is 1.98. The summed E-state index contributed by atoms with van der Waals surface area (Å²) >= 11 is 5.11. The number of pyridine rings is 1. The van der Waals surface area contributed by atoms with Crippen molar-refractivity contribution >= 4 is 16.8 Å². The molecule has 0 saturated heterocycles. The number of carbonyl (C=O) groups excluding carboxylic acids is 1. The summed E-state index contributed by atoms with van der Waals surface area (Å²) in [6.45, 7) is 0. The van der Waals surface area contributed by atoms with Gasteiger partial charge >= 0.3 is 0 Å². The fourth-order valence-electron chi connectivity index (χ4n) is 0.544. The molecule has 0 aliphatic rings. The van der Waals surface area contributed by atoms with Gasteiger partial charge in [0.05, 0.1) is 0 Å². The Labute approximate surface area is 62.4 Å². The van der Waals surface area contributed by atoms with Crippen LogP contribution in [0, 0.1) is 5.21 Å². The van der Waals surface area contributed by atoms with Crippen LogP contribution >= 0.6 is 11.6 Å². The molecule has 52 valence electrons. The van der Waals surface area contributed by atoms with Crippen molar-refractivity contribution in [3.8, 4) is 0 Å². The maximum atomic E-state index is 10.4. The minimum absolute atomic E-state index is 0.328. The molecule has 1 aromatic rings. The summed E-state index contributed by atoms with van der Waals surface area (Å²) in [6.07, 6.45) is 2.44. The highest BCUT2D eigenvalue weighted by atomic mass is 35.5. The Morgan fingerprint density at radius 2 is 2.00 bits per heavy atom. The van der Waals surface area contributed by atoms with Crippen molar-refractivity contribution in [1.82, 2.24) is 0 Å². The number of halogens is 1. The topological polar surface area (TPSA) is 44.0 Å². The first-order valence-corrected chi connectivity index (χ1v) is 2.96. The Morgan fingerprint density at radius 3 is 2.40 bits per heavy atom. The first-order valence-electron chi connectivity index (χ1n) is 2.59. The van der Waals surface area contributed by atoms with E-state index < -0.39 is 5.24 Å². The highest BCUT2D eigenvalue weighted by Gasteiger charge is 2.00. The number of rotatable bonds is 1. The zero-order valence-electron chi connectivity index (χ0n) is 4.95. The molecule has 0 aliphatic heterocycles. The smallest absolute Gasteiger partial charge is 0.252 e. The lowest BCUT2D eigenvalue weighted by Gasteiger charge is -1.93. The molecule has 3 nitrogen and oxygen atoms in total. The van der Waals surface area contributed by atoms with Crippen molar-refractivity contribution in [2.24, 2.45) is 0 Å². The van der Waals surface area contributed by atoms with E-state index in [4.69, 9.17) is 11.6 Å². The summed E-state index contributed by atoms with van der Waals surface area (Å²) in [7, 11) is 0. The second-order valence-electron chi connectivity index (χ2n) is 1.72. The standard InChI is InChI=1S/C6H4ClNO2/c7-6(9)5-1-3-8(10)4-2-5/h1-4H. The minimum atomic E-state index is -0.555. The molecule has 4 heteroatoms. The van der Waals surface area contributed by atoms with Crippen molar-refractivity contribution in [1.29, 1.82) is 0 Å². The van der Waals surface area contributed by atoms with Crippen LogP contribution < -0.4 is 4.73 Å². The van der Waals surface area contributed by atoms with Crippen LogP contribution in [0.25, 0.3) is 0 Å². The van der Waals surface area contributed by atoms with E-state index in [2.05, 4.69) is 0 Å². The van der Waals surface area contributed by atoms with Gasteiger partial charge in [-0.1, -0.05) is 0 Å². The Bertz CT molecular complexity index is 244. The van der Waals surface area contributed by atoms with Crippen molar-refractivity contribution in [3.05, 3.63) is 35.3 Å². The summed E-state index contributed by atoms with van der Waals surface area (Å²) in [6, 6.07) is 2.73. The molecule has 0 spiro atoms. The molecule has 0 fully saturated rings. The lowest BCUT2D eigenvalue weighted by atomic mass is 10.3. The molecule has 0 radical (unpaired) electrons. The van der Waals surface area contributed by atoms with Gasteiger partial charge in [-0.05, 0) is 11.6 Å². The average molecular weight is 158 g/mol. The van der Waals surface area contributed by atoms with Crippen molar-refractivity contribution in [3.63, 3.8) is 0 Å². The van der Waals surface area contributed by atoms with Gasteiger partial charge in [-0.3, -0.25) is 4.79 Å². The molecule has 0 saturated carbocycles. The number of aromatic nitrogens is 1. The molecule has 0 N–H and O–H groups in total. The fourth-order valence-corrected chi connectivity index (χ4v) is 0.670. The van der Waals surface area contributed by atoms with Gasteiger partial charge in [0.2, 0.25) is 0 Å². The monoisotopic (exact) mass is 157 g/mol. The van der Waals surface area contributed by atoms with Gasteiger partial charge in [-0.25, -0.2) is 0 Å². The Kier molecular flexibility index (Phi) is 1.87. The van der Waals surface area contributed by atoms with Crippen molar-refractivity contribution in [2.75, 3.05) is 0 Å². The first kappa shape index (κ1) is 7.02. The van der Waals surface area contributed by atoms with Crippen LogP contribution in [0.5, 0.6) is 0 Å². The molecule has 0 aliphatic carbocycles. The lowest BCUT2D eigenvalue weighted by Crippen LogP contribution is -2.23. The minimum Gasteiger partial charge on any atom is -0.619 e. The Balaban J connectivity index is 3.00. The van der Waals surface area contributed by atoms with Gasteiger partial charge in [0.1, 0.15) is 0 Å². The van der Waals surface area contributed by atoms with Crippen molar-refractivity contribution in [2.45, 2.75) is 0 Å². The molecule has 10 heavy (non-hydrogen) atoms. The number of hydrogen-bond acceptors (Lipinski definition) is 2. The zero-order chi connectivity index (χ0) is 7.56. The summed E-state index contributed by atoms with van der Waals surface area (Å²) in [5.74, 6) is 0. The van der Waals surface area contributed by atoms with Crippen molar-refractivity contribution < 1.29 is 9.52 Å². The second-order valence-corrected chi connectivity index (χ2v) is 2.06. The van der Waals surface area contributed by atoms with E-state index in [-0.39, 0.29) is 0 Å². The Morgan fingerprint density at radius 1 is 1.50 bits per heavy atom. The highest BCUT2D eigenvalue weighted by molar-refractivity contribution is 6.67. The van der Waals surface area contributed by atoms with Crippen LogP contribution in [0.3, 0.4) is 0 Å². The third-order valence-electron chi connectivity index (χ3n) is 1.03. The van der Waals surface area contributed by atoms with E-state index in [0.717, 1.165) is 0 Å². The number of carbonyl (C=O) groups is 1. The molecule has 1 heterocycles. The van der Waals surface area contributed by atoms with E-state index in [1.807, 2.05) is 0 Å². The van der Waals surface area contributed by atoms with E-state index in [0.29, 0.717) is 10.3 Å². The average Bonchev–Trinajstić information content (AvgIpc) is 1.88. The summed E-state index contributed by atoms with van der Waals surface area (Å²) in [5.41, 5.74) is 0.328. The van der Waals surface area contributed by atoms with Crippen LogP contribution in [0.15, 0.2) is 24.5 Å². The Hall–Kier alpha value is -1.09. The lowest BCUT2D eigenvalue weighted by molar-refractivity contribution is -0.605.